The molecule has 0 fully saturated rings. The van der Waals surface area contributed by atoms with Crippen LogP contribution in [-0.4, -0.2) is 17.3 Å². The molecular weight excluding hydrogens is 268 g/mol. The second-order valence-electron chi connectivity index (χ2n) is 3.86. The van der Waals surface area contributed by atoms with Crippen molar-refractivity contribution < 1.29 is 4.79 Å². The fourth-order valence-electron chi connectivity index (χ4n) is 1.58. The van der Waals surface area contributed by atoms with E-state index in [-0.39, 0.29) is 12.2 Å². The Morgan fingerprint density at radius 2 is 2.17 bits per heavy atom. The number of thiazole rings is 1. The first-order valence-electron chi connectivity index (χ1n) is 5.62. The molecule has 18 heavy (non-hydrogen) atoms. The van der Waals surface area contributed by atoms with Crippen molar-refractivity contribution in [1.82, 2.24) is 4.98 Å². The fourth-order valence-corrected chi connectivity index (χ4v) is 2.60. The number of carbonyl (C=O) groups excluding carboxylic acids is 1. The molecule has 2 rings (SSSR count). The number of carbonyl (C=O) groups is 1. The molecule has 3 nitrogen and oxygen atoms in total. The lowest BCUT2D eigenvalue weighted by molar-refractivity contribution is 0.0988. The minimum Gasteiger partial charge on any atom is -0.330 e. The highest BCUT2D eigenvalue weighted by molar-refractivity contribution is 7.09. The van der Waals surface area contributed by atoms with Crippen LogP contribution in [0.3, 0.4) is 0 Å². The molecule has 2 N–H and O–H groups in total. The first-order chi connectivity index (χ1) is 8.70. The maximum Gasteiger partial charge on any atom is 0.186 e. The molecule has 0 saturated heterocycles. The van der Waals surface area contributed by atoms with Crippen LogP contribution in [0.5, 0.6) is 0 Å². The summed E-state index contributed by atoms with van der Waals surface area (Å²) in [6, 6.07) is 7.35. The van der Waals surface area contributed by atoms with E-state index in [1.807, 2.05) is 18.2 Å². The van der Waals surface area contributed by atoms with Crippen LogP contribution < -0.4 is 5.73 Å². The molecule has 5 heteroatoms. The highest BCUT2D eigenvalue weighted by atomic mass is 35.5. The van der Waals surface area contributed by atoms with Gasteiger partial charge < -0.3 is 5.73 Å². The molecule has 1 aromatic heterocycles. The quantitative estimate of drug-likeness (QED) is 0.857. The number of nitrogens with zero attached hydrogens (tertiary/aromatic N) is 1. The normalized spacial score (nSPS) is 10.6. The van der Waals surface area contributed by atoms with Gasteiger partial charge in [0.15, 0.2) is 5.78 Å². The average molecular weight is 281 g/mol. The van der Waals surface area contributed by atoms with E-state index in [1.165, 1.54) is 11.3 Å². The summed E-state index contributed by atoms with van der Waals surface area (Å²) >= 11 is 7.50. The van der Waals surface area contributed by atoms with Crippen molar-refractivity contribution in [2.75, 3.05) is 6.54 Å². The van der Waals surface area contributed by atoms with Gasteiger partial charge in [0.2, 0.25) is 0 Å². The molecule has 0 spiro atoms. The number of aromatic nitrogens is 1. The maximum absolute atomic E-state index is 12.0. The molecule has 1 heterocycles. The van der Waals surface area contributed by atoms with Crippen LogP contribution in [0.1, 0.15) is 21.1 Å². The van der Waals surface area contributed by atoms with Gasteiger partial charge in [-0.2, -0.15) is 0 Å². The molecule has 0 aliphatic rings. The monoisotopic (exact) mass is 280 g/mol. The number of ketones is 1. The van der Waals surface area contributed by atoms with Gasteiger partial charge in [-0.25, -0.2) is 4.98 Å². The second-order valence-corrected chi connectivity index (χ2v) is 5.21. The second kappa shape index (κ2) is 6.09. The molecule has 0 aliphatic carbocycles. The number of nitrogens with two attached hydrogens (primary N) is 1. The molecule has 0 saturated carbocycles. The van der Waals surface area contributed by atoms with Crippen molar-refractivity contribution in [2.45, 2.75) is 12.8 Å². The molecule has 1 aromatic carbocycles. The Bertz CT molecular complexity index is 553. The zero-order valence-corrected chi connectivity index (χ0v) is 11.3. The van der Waals surface area contributed by atoms with Crippen molar-refractivity contribution in [3.63, 3.8) is 0 Å². The van der Waals surface area contributed by atoms with E-state index in [9.17, 15) is 4.79 Å². The zero-order valence-electron chi connectivity index (χ0n) is 9.73. The van der Waals surface area contributed by atoms with E-state index in [1.54, 1.807) is 11.4 Å². The standard InChI is InChI=1S/C13H13ClN2OS/c14-10-4-2-1-3-9(10)7-12(17)11-8-18-13(16-11)5-6-15/h1-4,8H,5-7,15H2. The summed E-state index contributed by atoms with van der Waals surface area (Å²) in [7, 11) is 0. The molecule has 94 valence electrons. The van der Waals surface area contributed by atoms with Crippen LogP contribution in [0.4, 0.5) is 0 Å². The Hall–Kier alpha value is -1.23. The van der Waals surface area contributed by atoms with Crippen molar-refractivity contribution >= 4 is 28.7 Å². The van der Waals surface area contributed by atoms with Gasteiger partial charge in [0.05, 0.1) is 5.01 Å². The fraction of sp³-hybridized carbons (Fsp3) is 0.231. The third-order valence-electron chi connectivity index (χ3n) is 2.50. The number of halogens is 1. The van der Waals surface area contributed by atoms with Crippen LogP contribution in [0.2, 0.25) is 5.02 Å². The molecular formula is C13H13ClN2OS. The van der Waals surface area contributed by atoms with Gasteiger partial charge in [-0.3, -0.25) is 4.79 Å². The summed E-state index contributed by atoms with van der Waals surface area (Å²) in [6.45, 7) is 0.547. The maximum atomic E-state index is 12.0. The average Bonchev–Trinajstić information content (AvgIpc) is 2.81. The summed E-state index contributed by atoms with van der Waals surface area (Å²) in [6.07, 6.45) is 0.996. The number of rotatable bonds is 5. The molecule has 0 aliphatic heterocycles. The SMILES string of the molecule is NCCc1nc(C(=O)Cc2ccccc2Cl)cs1. The predicted octanol–water partition coefficient (Wildman–Crippen LogP) is 2.72. The van der Waals surface area contributed by atoms with E-state index in [0.717, 1.165) is 10.6 Å². The lowest BCUT2D eigenvalue weighted by atomic mass is 10.1. The topological polar surface area (TPSA) is 56.0 Å². The Kier molecular flexibility index (Phi) is 4.47. The largest absolute Gasteiger partial charge is 0.330 e. The Balaban J connectivity index is 2.10. The smallest absolute Gasteiger partial charge is 0.186 e. The van der Waals surface area contributed by atoms with Gasteiger partial charge in [0.25, 0.3) is 0 Å². The van der Waals surface area contributed by atoms with Crippen LogP contribution >= 0.6 is 22.9 Å². The van der Waals surface area contributed by atoms with Crippen LogP contribution in [0.25, 0.3) is 0 Å². The van der Waals surface area contributed by atoms with E-state index >= 15 is 0 Å². The third kappa shape index (κ3) is 3.16. The number of Topliss-reactive ketones (excluding diaryl/α,β-unsaturated/α-hetero) is 1. The first kappa shape index (κ1) is 13.2. The highest BCUT2D eigenvalue weighted by Crippen LogP contribution is 2.18. The lowest BCUT2D eigenvalue weighted by Gasteiger charge is -2.01. The minimum absolute atomic E-state index is 0.0115. The summed E-state index contributed by atoms with van der Waals surface area (Å²) in [5.41, 5.74) is 6.79. The van der Waals surface area contributed by atoms with Gasteiger partial charge in [0.1, 0.15) is 5.69 Å². The van der Waals surface area contributed by atoms with E-state index in [2.05, 4.69) is 4.98 Å². The van der Waals surface area contributed by atoms with Crippen LogP contribution in [-0.2, 0) is 12.8 Å². The van der Waals surface area contributed by atoms with Crippen molar-refractivity contribution in [1.29, 1.82) is 0 Å². The summed E-state index contributed by atoms with van der Waals surface area (Å²) in [4.78, 5) is 16.3. The van der Waals surface area contributed by atoms with E-state index < -0.39 is 0 Å². The molecule has 2 aromatic rings. The van der Waals surface area contributed by atoms with Gasteiger partial charge in [0, 0.05) is 23.2 Å². The number of hydrogen-bond acceptors (Lipinski definition) is 4. The zero-order chi connectivity index (χ0) is 13.0. The van der Waals surface area contributed by atoms with Gasteiger partial charge in [-0.15, -0.1) is 11.3 Å². The summed E-state index contributed by atoms with van der Waals surface area (Å²) in [5, 5.41) is 3.30. The van der Waals surface area contributed by atoms with Crippen LogP contribution in [0, 0.1) is 0 Å². The Labute approximate surface area is 115 Å². The predicted molar refractivity (Wildman–Crippen MR) is 74.4 cm³/mol. The van der Waals surface area contributed by atoms with Crippen LogP contribution in [0.15, 0.2) is 29.6 Å². The van der Waals surface area contributed by atoms with Gasteiger partial charge in [-0.1, -0.05) is 29.8 Å². The third-order valence-corrected chi connectivity index (χ3v) is 3.78. The van der Waals surface area contributed by atoms with Crippen molar-refractivity contribution in [3.8, 4) is 0 Å². The molecule has 0 unspecified atom stereocenters. The number of benzene rings is 1. The Morgan fingerprint density at radius 1 is 1.39 bits per heavy atom. The van der Waals surface area contributed by atoms with Crippen molar-refractivity contribution in [3.05, 3.63) is 50.9 Å². The summed E-state index contributed by atoms with van der Waals surface area (Å²) in [5.74, 6) is -0.0115. The van der Waals surface area contributed by atoms with Crippen molar-refractivity contribution in [2.24, 2.45) is 5.73 Å². The van der Waals surface area contributed by atoms with Gasteiger partial charge in [-0.05, 0) is 18.2 Å². The molecule has 0 radical (unpaired) electrons. The van der Waals surface area contributed by atoms with Gasteiger partial charge >= 0.3 is 0 Å². The Morgan fingerprint density at radius 3 is 2.89 bits per heavy atom. The molecule has 0 atom stereocenters. The lowest BCUT2D eigenvalue weighted by Crippen LogP contribution is -2.06. The van der Waals surface area contributed by atoms with E-state index in [4.69, 9.17) is 17.3 Å². The minimum atomic E-state index is -0.0115. The first-order valence-corrected chi connectivity index (χ1v) is 6.87. The highest BCUT2D eigenvalue weighted by Gasteiger charge is 2.12. The van der Waals surface area contributed by atoms with E-state index in [0.29, 0.717) is 23.7 Å². The molecule has 0 amide bonds. The summed E-state index contributed by atoms with van der Waals surface area (Å²) < 4.78 is 0. The number of hydrogen-bond donors (Lipinski definition) is 1. The molecule has 0 bridgehead atoms.